The van der Waals surface area contributed by atoms with Crippen LogP contribution in [0.2, 0.25) is 0 Å². The molecule has 1 unspecified atom stereocenters. The van der Waals surface area contributed by atoms with E-state index in [0.29, 0.717) is 31.7 Å². The average Bonchev–Trinajstić information content (AvgIpc) is 3.46. The maximum Gasteiger partial charge on any atom is 0.0692 e. The second kappa shape index (κ2) is 11.7. The lowest BCUT2D eigenvalue weighted by molar-refractivity contribution is -0.0117. The first-order chi connectivity index (χ1) is 16.7. The van der Waals surface area contributed by atoms with Gasteiger partial charge >= 0.3 is 0 Å². The topological polar surface area (TPSA) is 91.4 Å². The van der Waals surface area contributed by atoms with Crippen LogP contribution in [0.15, 0.2) is 35.7 Å². The number of hydrogen-bond acceptors (Lipinski definition) is 5. The highest BCUT2D eigenvalue weighted by Crippen LogP contribution is 2.51. The molecule has 0 amide bonds. The highest BCUT2D eigenvalue weighted by atomic mass is 16.3. The van der Waals surface area contributed by atoms with Gasteiger partial charge in [-0.05, 0) is 95.3 Å². The minimum absolute atomic E-state index is 0.114. The first-order valence-electron chi connectivity index (χ1n) is 14.0. The van der Waals surface area contributed by atoms with Crippen molar-refractivity contribution in [1.82, 2.24) is 15.0 Å². The Morgan fingerprint density at radius 3 is 2.60 bits per heavy atom. The Balaban J connectivity index is 1.32. The van der Waals surface area contributed by atoms with Crippen molar-refractivity contribution in [2.75, 3.05) is 0 Å². The molecule has 3 aliphatic rings. The molecule has 0 bridgehead atoms. The molecule has 1 aromatic heterocycles. The molecule has 0 spiro atoms. The Hall–Kier alpha value is -1.50. The van der Waals surface area contributed by atoms with Gasteiger partial charge in [-0.25, -0.2) is 0 Å². The van der Waals surface area contributed by atoms with Gasteiger partial charge in [-0.2, -0.15) is 0 Å². The third-order valence-corrected chi connectivity index (χ3v) is 9.16. The number of hydrogen-bond donors (Lipinski definition) is 3. The first kappa shape index (κ1) is 26.6. The van der Waals surface area contributed by atoms with E-state index in [-0.39, 0.29) is 5.92 Å². The third kappa shape index (κ3) is 7.05. The maximum atomic E-state index is 10.8. The summed E-state index contributed by atoms with van der Waals surface area (Å²) < 4.78 is 1.76. The zero-order chi connectivity index (χ0) is 25.0. The zero-order valence-corrected chi connectivity index (χ0v) is 22.0. The summed E-state index contributed by atoms with van der Waals surface area (Å²) in [5.74, 6) is 2.92. The number of rotatable bonds is 9. The zero-order valence-electron chi connectivity index (χ0n) is 22.0. The molecule has 3 N–H and O–H groups in total. The molecule has 196 valence electrons. The molecule has 6 nitrogen and oxygen atoms in total. The SMILES string of the molecule is CC(CCCC(C)(C)O)[C@@H]1CC[C@H]2/C(=C/C=C3C[C@@H](O)C(CCn4ccnn4)[C@H](O)C3)CCC[C@@H]21. The Labute approximate surface area is 211 Å². The standard InChI is InChI=1S/C29H47N3O3/c1-20(6-5-14-29(2,3)35)23-11-12-24-22(7-4-8-25(23)24)10-9-21-18-27(33)26(28(34)19-21)13-16-32-17-15-30-31-32/h9-10,15,17,20,23-28,33-35H,4-8,11-14,16,18-19H2,1-3H3/b21-9?,22-10+/t20?,23-,24-,25+,26?,27+,28+/m0/s1. The molecular weight excluding hydrogens is 438 g/mol. The fourth-order valence-corrected chi connectivity index (χ4v) is 7.24. The van der Waals surface area contributed by atoms with Crippen LogP contribution in [0, 0.1) is 29.6 Å². The summed E-state index contributed by atoms with van der Waals surface area (Å²) >= 11 is 0. The quantitative estimate of drug-likeness (QED) is 0.455. The van der Waals surface area contributed by atoms with Gasteiger partial charge in [0, 0.05) is 18.7 Å². The monoisotopic (exact) mass is 485 g/mol. The molecule has 6 heteroatoms. The third-order valence-electron chi connectivity index (χ3n) is 9.16. The van der Waals surface area contributed by atoms with Crippen LogP contribution < -0.4 is 0 Å². The van der Waals surface area contributed by atoms with Crippen molar-refractivity contribution in [2.24, 2.45) is 29.6 Å². The predicted octanol–water partition coefficient (Wildman–Crippen LogP) is 5.06. The lowest BCUT2D eigenvalue weighted by Gasteiger charge is -2.35. The van der Waals surface area contributed by atoms with Gasteiger partial charge in [-0.15, -0.1) is 5.10 Å². The Kier molecular flexibility index (Phi) is 8.88. The van der Waals surface area contributed by atoms with E-state index in [4.69, 9.17) is 0 Å². The minimum atomic E-state index is -0.552. The van der Waals surface area contributed by atoms with E-state index in [1.54, 1.807) is 16.5 Å². The number of aromatic nitrogens is 3. The van der Waals surface area contributed by atoms with Gasteiger partial charge in [-0.3, -0.25) is 4.68 Å². The lowest BCUT2D eigenvalue weighted by Crippen LogP contribution is -2.37. The minimum Gasteiger partial charge on any atom is -0.392 e. The van der Waals surface area contributed by atoms with Gasteiger partial charge in [0.1, 0.15) is 0 Å². The Bertz CT molecular complexity index is 843. The molecule has 35 heavy (non-hydrogen) atoms. The number of fused-ring (bicyclic) bond motifs is 1. The van der Waals surface area contributed by atoms with E-state index >= 15 is 0 Å². The highest BCUT2D eigenvalue weighted by molar-refractivity contribution is 5.25. The van der Waals surface area contributed by atoms with Crippen LogP contribution in [-0.2, 0) is 6.54 Å². The summed E-state index contributed by atoms with van der Waals surface area (Å²) in [4.78, 5) is 0. The van der Waals surface area contributed by atoms with Crippen molar-refractivity contribution in [2.45, 2.75) is 116 Å². The van der Waals surface area contributed by atoms with Crippen LogP contribution >= 0.6 is 0 Å². The lowest BCUT2D eigenvalue weighted by atomic mass is 9.71. The van der Waals surface area contributed by atoms with E-state index < -0.39 is 17.8 Å². The summed E-state index contributed by atoms with van der Waals surface area (Å²) in [7, 11) is 0. The molecular formula is C29H47N3O3. The highest BCUT2D eigenvalue weighted by Gasteiger charge is 2.41. The fourth-order valence-electron chi connectivity index (χ4n) is 7.24. The molecule has 0 radical (unpaired) electrons. The number of aryl methyl sites for hydroxylation is 1. The van der Waals surface area contributed by atoms with Crippen LogP contribution in [0.25, 0.3) is 0 Å². The number of aliphatic hydroxyl groups excluding tert-OH is 2. The number of nitrogens with zero attached hydrogens (tertiary/aromatic N) is 3. The molecule has 6 atom stereocenters. The molecule has 3 aliphatic carbocycles. The van der Waals surface area contributed by atoms with E-state index in [2.05, 4.69) is 29.4 Å². The molecule has 0 aliphatic heterocycles. The van der Waals surface area contributed by atoms with Gasteiger partial charge < -0.3 is 15.3 Å². The molecule has 1 heterocycles. The summed E-state index contributed by atoms with van der Waals surface area (Å²) in [5.41, 5.74) is 2.22. The smallest absolute Gasteiger partial charge is 0.0692 e. The maximum absolute atomic E-state index is 10.8. The second-order valence-electron chi connectivity index (χ2n) is 12.3. The van der Waals surface area contributed by atoms with Crippen molar-refractivity contribution in [3.8, 4) is 0 Å². The van der Waals surface area contributed by atoms with Crippen LogP contribution in [0.1, 0.15) is 91.4 Å². The van der Waals surface area contributed by atoms with E-state index in [1.807, 2.05) is 20.0 Å². The van der Waals surface area contributed by atoms with Gasteiger partial charge in [-0.1, -0.05) is 48.3 Å². The van der Waals surface area contributed by atoms with Gasteiger partial charge in [0.05, 0.1) is 24.0 Å². The average molecular weight is 486 g/mol. The first-order valence-corrected chi connectivity index (χ1v) is 14.0. The summed E-state index contributed by atoms with van der Waals surface area (Å²) in [6.07, 6.45) is 18.7. The molecule has 3 saturated carbocycles. The summed E-state index contributed by atoms with van der Waals surface area (Å²) in [6.45, 7) is 6.93. The summed E-state index contributed by atoms with van der Waals surface area (Å²) in [6, 6.07) is 0. The van der Waals surface area contributed by atoms with E-state index in [1.165, 1.54) is 44.1 Å². The van der Waals surface area contributed by atoms with Crippen LogP contribution in [0.5, 0.6) is 0 Å². The molecule has 0 saturated heterocycles. The van der Waals surface area contributed by atoms with Gasteiger partial charge in [0.2, 0.25) is 0 Å². The summed E-state index contributed by atoms with van der Waals surface area (Å²) in [5, 5.41) is 39.4. The van der Waals surface area contributed by atoms with Crippen molar-refractivity contribution in [1.29, 1.82) is 0 Å². The van der Waals surface area contributed by atoms with Crippen LogP contribution in [-0.4, -0.2) is 48.1 Å². The normalized spacial score (nSPS) is 33.7. The van der Waals surface area contributed by atoms with Crippen LogP contribution in [0.3, 0.4) is 0 Å². The van der Waals surface area contributed by atoms with Crippen molar-refractivity contribution < 1.29 is 15.3 Å². The predicted molar refractivity (Wildman–Crippen MR) is 138 cm³/mol. The van der Waals surface area contributed by atoms with Crippen molar-refractivity contribution in [3.63, 3.8) is 0 Å². The van der Waals surface area contributed by atoms with Crippen LogP contribution in [0.4, 0.5) is 0 Å². The Morgan fingerprint density at radius 2 is 1.91 bits per heavy atom. The van der Waals surface area contributed by atoms with Crippen molar-refractivity contribution in [3.05, 3.63) is 35.7 Å². The molecule has 4 rings (SSSR count). The number of aliphatic hydroxyl groups is 3. The van der Waals surface area contributed by atoms with Crippen molar-refractivity contribution >= 4 is 0 Å². The fraction of sp³-hybridized carbons (Fsp3) is 0.793. The largest absolute Gasteiger partial charge is 0.392 e. The molecule has 3 fully saturated rings. The van der Waals surface area contributed by atoms with Gasteiger partial charge in [0.15, 0.2) is 0 Å². The molecule has 1 aromatic rings. The second-order valence-corrected chi connectivity index (χ2v) is 12.3. The van der Waals surface area contributed by atoms with E-state index in [9.17, 15) is 15.3 Å². The van der Waals surface area contributed by atoms with Gasteiger partial charge in [0.25, 0.3) is 0 Å². The molecule has 0 aromatic carbocycles. The Morgan fingerprint density at radius 1 is 1.14 bits per heavy atom. The number of allylic oxidation sites excluding steroid dienone is 3. The van der Waals surface area contributed by atoms with E-state index in [0.717, 1.165) is 30.6 Å².